The maximum atomic E-state index is 14.9. The largest absolute Gasteiger partial charge is 0.352 e. The zero-order valence-electron chi connectivity index (χ0n) is 24.0. The van der Waals surface area contributed by atoms with E-state index in [9.17, 15) is 14.4 Å². The summed E-state index contributed by atoms with van der Waals surface area (Å²) in [5, 5.41) is 3.60. The molecule has 5 nitrogen and oxygen atoms in total. The quantitative estimate of drug-likeness (QED) is 0.238. The molecule has 7 rings (SSSR count). The van der Waals surface area contributed by atoms with Gasteiger partial charge >= 0.3 is 0 Å². The molecule has 0 bridgehead atoms. The number of nitrogens with one attached hydrogen (secondary N) is 1. The molecule has 4 aromatic carbocycles. The van der Waals surface area contributed by atoms with E-state index in [1.54, 1.807) is 24.3 Å². The summed E-state index contributed by atoms with van der Waals surface area (Å²) < 4.78 is 0. The minimum atomic E-state index is -1.33. The van der Waals surface area contributed by atoms with Crippen molar-refractivity contribution in [1.29, 1.82) is 0 Å². The minimum Gasteiger partial charge on any atom is -0.352 e. The highest BCUT2D eigenvalue weighted by Gasteiger charge is 2.70. The Morgan fingerprint density at radius 3 is 2.35 bits per heavy atom. The molecule has 1 spiro atoms. The number of para-hydroxylation sites is 1. The number of fused-ring (bicyclic) bond motifs is 6. The number of ketones is 2. The molecular weight excluding hydrogens is 556 g/mol. The van der Waals surface area contributed by atoms with Gasteiger partial charge < -0.3 is 10.2 Å². The summed E-state index contributed by atoms with van der Waals surface area (Å²) in [6.07, 6.45) is 5.93. The lowest BCUT2D eigenvalue weighted by atomic mass is 9.64. The van der Waals surface area contributed by atoms with Crippen LogP contribution >= 0.6 is 11.6 Å². The number of carbonyl (C=O) groups is 3. The van der Waals surface area contributed by atoms with E-state index in [1.807, 2.05) is 84.6 Å². The lowest BCUT2D eigenvalue weighted by Crippen LogP contribution is -2.51. The van der Waals surface area contributed by atoms with Crippen LogP contribution < -0.4 is 10.2 Å². The molecule has 3 aliphatic rings. The van der Waals surface area contributed by atoms with Crippen LogP contribution in [-0.4, -0.2) is 29.6 Å². The summed E-state index contributed by atoms with van der Waals surface area (Å²) >= 11 is 6.20. The predicted molar refractivity (Wildman–Crippen MR) is 171 cm³/mol. The molecule has 0 aliphatic carbocycles. The van der Waals surface area contributed by atoms with E-state index in [2.05, 4.69) is 18.3 Å². The summed E-state index contributed by atoms with van der Waals surface area (Å²) in [4.78, 5) is 46.2. The van der Waals surface area contributed by atoms with Crippen molar-refractivity contribution in [2.75, 3.05) is 10.2 Å². The lowest BCUT2D eigenvalue weighted by molar-refractivity contribution is -0.121. The number of nitrogens with zero attached hydrogens (tertiary/aromatic N) is 1. The van der Waals surface area contributed by atoms with Gasteiger partial charge in [0.1, 0.15) is 11.5 Å². The van der Waals surface area contributed by atoms with E-state index in [-0.39, 0.29) is 17.5 Å². The number of rotatable bonds is 6. The number of halogens is 1. The van der Waals surface area contributed by atoms with Gasteiger partial charge in [0.15, 0.2) is 11.6 Å². The van der Waals surface area contributed by atoms with Crippen LogP contribution in [0.4, 0.5) is 11.4 Å². The van der Waals surface area contributed by atoms with Crippen LogP contribution in [-0.2, 0) is 16.6 Å². The monoisotopic (exact) mass is 586 g/mol. The second-order valence-corrected chi connectivity index (χ2v) is 12.2. The van der Waals surface area contributed by atoms with E-state index >= 15 is 0 Å². The van der Waals surface area contributed by atoms with Crippen molar-refractivity contribution < 1.29 is 14.4 Å². The Labute approximate surface area is 256 Å². The molecule has 43 heavy (non-hydrogen) atoms. The standard InChI is InChI=1S/C37H31ClN2O3/c1-3-6-23-10-12-24(13-11-23)34(41)32-33(35(42)25-14-17-27(38)18-15-25)40-30-19-9-22(2)21-26(30)16-20-31(40)37(32)28-7-4-5-8-29(28)39-36(37)43/h4-5,7-21,31-33H,3,6H2,1-2H3,(H,39,43). The normalized spacial score (nSPS) is 23.1. The van der Waals surface area contributed by atoms with E-state index in [4.69, 9.17) is 11.6 Å². The fourth-order valence-corrected chi connectivity index (χ4v) is 7.51. The molecule has 0 radical (unpaired) electrons. The van der Waals surface area contributed by atoms with Gasteiger partial charge in [0.25, 0.3) is 0 Å². The zero-order chi connectivity index (χ0) is 29.9. The van der Waals surface area contributed by atoms with Crippen molar-refractivity contribution in [2.24, 2.45) is 5.92 Å². The molecule has 4 atom stereocenters. The summed E-state index contributed by atoms with van der Waals surface area (Å²) in [6.45, 7) is 4.14. The Balaban J connectivity index is 1.50. The third kappa shape index (κ3) is 4.09. The van der Waals surface area contributed by atoms with Crippen molar-refractivity contribution in [2.45, 2.75) is 44.2 Å². The highest BCUT2D eigenvalue weighted by atomic mass is 35.5. The third-order valence-corrected chi connectivity index (χ3v) is 9.50. The Bertz CT molecular complexity index is 1810. The summed E-state index contributed by atoms with van der Waals surface area (Å²) in [6, 6.07) is 26.5. The molecule has 6 heteroatoms. The predicted octanol–water partition coefficient (Wildman–Crippen LogP) is 7.46. The first-order chi connectivity index (χ1) is 20.8. The van der Waals surface area contributed by atoms with Gasteiger partial charge in [-0.15, -0.1) is 0 Å². The first kappa shape index (κ1) is 27.4. The molecule has 1 saturated heterocycles. The SMILES string of the molecule is CCCc1ccc(C(=O)C2C(C(=O)c3ccc(Cl)cc3)N3c4ccc(C)cc4C=CC3C23C(=O)Nc2ccccc23)cc1. The smallest absolute Gasteiger partial charge is 0.238 e. The molecule has 1 amide bonds. The van der Waals surface area contributed by atoms with Crippen molar-refractivity contribution in [3.8, 4) is 0 Å². The first-order valence-electron chi connectivity index (χ1n) is 14.8. The topological polar surface area (TPSA) is 66.5 Å². The minimum absolute atomic E-state index is 0.223. The molecule has 3 aliphatic heterocycles. The summed E-state index contributed by atoms with van der Waals surface area (Å²) in [7, 11) is 0. The van der Waals surface area contributed by atoms with Crippen molar-refractivity contribution >= 4 is 46.5 Å². The second kappa shape index (κ2) is 10.4. The number of Topliss-reactive ketones (excluding diaryl/α,β-unsaturated/α-hetero) is 2. The Kier molecular flexibility index (Phi) is 6.59. The maximum Gasteiger partial charge on any atom is 0.238 e. The van der Waals surface area contributed by atoms with E-state index in [0.29, 0.717) is 21.8 Å². The third-order valence-electron chi connectivity index (χ3n) is 9.25. The molecule has 4 aromatic rings. The fraction of sp³-hybridized carbons (Fsp3) is 0.216. The molecule has 3 heterocycles. The average molecular weight is 587 g/mol. The van der Waals surface area contributed by atoms with Crippen LogP contribution in [0, 0.1) is 12.8 Å². The number of hydrogen-bond acceptors (Lipinski definition) is 4. The van der Waals surface area contributed by atoms with Crippen LogP contribution in [0.15, 0.2) is 97.1 Å². The molecule has 4 unspecified atom stereocenters. The molecule has 0 saturated carbocycles. The van der Waals surface area contributed by atoms with E-state index in [1.165, 1.54) is 0 Å². The highest BCUT2D eigenvalue weighted by molar-refractivity contribution is 6.30. The van der Waals surface area contributed by atoms with E-state index in [0.717, 1.165) is 40.8 Å². The van der Waals surface area contributed by atoms with Crippen LogP contribution in [0.1, 0.15) is 56.3 Å². The van der Waals surface area contributed by atoms with Crippen LogP contribution in [0.25, 0.3) is 6.08 Å². The second-order valence-electron chi connectivity index (χ2n) is 11.7. The number of carbonyl (C=O) groups excluding carboxylic acids is 3. The molecule has 0 aromatic heterocycles. The zero-order valence-corrected chi connectivity index (χ0v) is 24.8. The fourth-order valence-electron chi connectivity index (χ4n) is 7.39. The molecule has 1 N–H and O–H groups in total. The van der Waals surface area contributed by atoms with Gasteiger partial charge in [0.2, 0.25) is 5.91 Å². The van der Waals surface area contributed by atoms with E-state index < -0.39 is 23.4 Å². The number of benzene rings is 4. The van der Waals surface area contributed by atoms with Crippen LogP contribution in [0.2, 0.25) is 5.02 Å². The number of aryl methyl sites for hydroxylation is 2. The Morgan fingerprint density at radius 1 is 0.907 bits per heavy atom. The Hall–Kier alpha value is -4.48. The Morgan fingerprint density at radius 2 is 1.60 bits per heavy atom. The number of hydrogen-bond donors (Lipinski definition) is 1. The van der Waals surface area contributed by atoms with Crippen molar-refractivity contribution in [1.82, 2.24) is 0 Å². The van der Waals surface area contributed by atoms with Crippen LogP contribution in [0.3, 0.4) is 0 Å². The van der Waals surface area contributed by atoms with Gasteiger partial charge in [-0.05, 0) is 72.5 Å². The lowest BCUT2D eigenvalue weighted by Gasteiger charge is -2.37. The van der Waals surface area contributed by atoms with Gasteiger partial charge in [-0.25, -0.2) is 0 Å². The first-order valence-corrected chi connectivity index (χ1v) is 15.1. The molecular formula is C37H31ClN2O3. The number of anilines is 2. The van der Waals surface area contributed by atoms with Gasteiger partial charge in [-0.1, -0.05) is 91.2 Å². The molecule has 1 fully saturated rings. The molecule has 214 valence electrons. The average Bonchev–Trinajstić information content (AvgIpc) is 3.49. The van der Waals surface area contributed by atoms with Gasteiger partial charge in [-0.3, -0.25) is 14.4 Å². The highest BCUT2D eigenvalue weighted by Crippen LogP contribution is 2.58. The summed E-state index contributed by atoms with van der Waals surface area (Å²) in [5.41, 5.74) is 5.01. The van der Waals surface area contributed by atoms with Crippen molar-refractivity contribution in [3.05, 3.63) is 135 Å². The van der Waals surface area contributed by atoms with Gasteiger partial charge in [0, 0.05) is 27.5 Å². The number of amides is 1. The van der Waals surface area contributed by atoms with Gasteiger partial charge in [0.05, 0.1) is 12.0 Å². The van der Waals surface area contributed by atoms with Crippen molar-refractivity contribution in [3.63, 3.8) is 0 Å². The maximum absolute atomic E-state index is 14.9. The summed E-state index contributed by atoms with van der Waals surface area (Å²) in [5.74, 6) is -1.72. The van der Waals surface area contributed by atoms with Crippen LogP contribution in [0.5, 0.6) is 0 Å². The van der Waals surface area contributed by atoms with Gasteiger partial charge in [-0.2, -0.15) is 0 Å².